The first-order valence-corrected chi connectivity index (χ1v) is 4.50. The molecule has 0 radical (unpaired) electrons. The van der Waals surface area contributed by atoms with E-state index in [0.29, 0.717) is 0 Å². The molecule has 0 unspecified atom stereocenters. The van der Waals surface area contributed by atoms with Gasteiger partial charge in [-0.1, -0.05) is 18.2 Å². The van der Waals surface area contributed by atoms with Gasteiger partial charge in [0.2, 0.25) is 5.91 Å². The molecule has 0 spiro atoms. The van der Waals surface area contributed by atoms with E-state index in [0.717, 1.165) is 16.8 Å². The third-order valence-corrected chi connectivity index (χ3v) is 2.02. The molecule has 1 aromatic carbocycles. The van der Waals surface area contributed by atoms with E-state index in [1.165, 1.54) is 7.11 Å². The van der Waals surface area contributed by atoms with E-state index in [-0.39, 0.29) is 42.1 Å². The summed E-state index contributed by atoms with van der Waals surface area (Å²) < 4.78 is 4.74. The van der Waals surface area contributed by atoms with Crippen LogP contribution in [0.2, 0.25) is 0 Å². The molecule has 0 aliphatic rings. The summed E-state index contributed by atoms with van der Waals surface area (Å²) in [4.78, 5) is 11.3. The number of methoxy groups -OCH3 is 1. The minimum atomic E-state index is -0.120. The first kappa shape index (κ1) is 14.6. The molecule has 78 valence electrons. The standard InChI is InChI=1S/C11H15NO2.Na.H/c1-8-5-4-6-9(2)11(8)12-10(13)7-14-3;;/h4-6H,7H2,1-3H3,(H,12,13);;. The summed E-state index contributed by atoms with van der Waals surface area (Å²) in [6.45, 7) is 4.03. The van der Waals surface area contributed by atoms with Crippen LogP contribution >= 0.6 is 0 Å². The molecule has 0 heterocycles. The van der Waals surface area contributed by atoms with Gasteiger partial charge in [-0.3, -0.25) is 4.79 Å². The molecule has 0 aliphatic carbocycles. The third kappa shape index (κ3) is 4.34. The van der Waals surface area contributed by atoms with Crippen LogP contribution < -0.4 is 5.32 Å². The minimum absolute atomic E-state index is 0. The van der Waals surface area contributed by atoms with E-state index in [1.807, 2.05) is 32.0 Å². The summed E-state index contributed by atoms with van der Waals surface area (Å²) in [6, 6.07) is 5.90. The van der Waals surface area contributed by atoms with E-state index in [4.69, 9.17) is 4.74 Å². The van der Waals surface area contributed by atoms with Crippen molar-refractivity contribution in [1.82, 2.24) is 0 Å². The Labute approximate surface area is 112 Å². The van der Waals surface area contributed by atoms with Crippen molar-refractivity contribution in [3.05, 3.63) is 29.3 Å². The normalized spacial score (nSPS) is 9.27. The van der Waals surface area contributed by atoms with Crippen molar-refractivity contribution in [3.63, 3.8) is 0 Å². The van der Waals surface area contributed by atoms with E-state index in [2.05, 4.69) is 5.32 Å². The maximum atomic E-state index is 11.3. The van der Waals surface area contributed by atoms with E-state index < -0.39 is 0 Å². The number of carbonyl (C=O) groups is 1. The van der Waals surface area contributed by atoms with Crippen LogP contribution in [0.15, 0.2) is 18.2 Å². The first-order chi connectivity index (χ1) is 6.65. The monoisotopic (exact) mass is 217 g/mol. The van der Waals surface area contributed by atoms with Crippen molar-refractivity contribution in [1.29, 1.82) is 0 Å². The zero-order chi connectivity index (χ0) is 10.6. The van der Waals surface area contributed by atoms with Gasteiger partial charge < -0.3 is 10.1 Å². The average molecular weight is 217 g/mol. The molecular weight excluding hydrogens is 201 g/mol. The van der Waals surface area contributed by atoms with Crippen LogP contribution in [0.3, 0.4) is 0 Å². The molecule has 1 rings (SSSR count). The van der Waals surface area contributed by atoms with Crippen LogP contribution in [0, 0.1) is 13.8 Å². The second kappa shape index (κ2) is 7.01. The van der Waals surface area contributed by atoms with Gasteiger partial charge in [-0.25, -0.2) is 0 Å². The summed E-state index contributed by atoms with van der Waals surface area (Å²) in [5, 5.41) is 2.82. The van der Waals surface area contributed by atoms with Crippen LogP contribution in [0.25, 0.3) is 0 Å². The molecule has 1 N–H and O–H groups in total. The van der Waals surface area contributed by atoms with Crippen molar-refractivity contribution in [2.75, 3.05) is 19.0 Å². The molecule has 0 aliphatic heterocycles. The van der Waals surface area contributed by atoms with Crippen molar-refractivity contribution in [2.24, 2.45) is 0 Å². The molecule has 3 nitrogen and oxygen atoms in total. The summed E-state index contributed by atoms with van der Waals surface area (Å²) in [6.07, 6.45) is 0. The average Bonchev–Trinajstić information content (AvgIpc) is 2.12. The maximum absolute atomic E-state index is 11.3. The fraction of sp³-hybridized carbons (Fsp3) is 0.364. The predicted molar refractivity (Wildman–Crippen MR) is 63.6 cm³/mol. The molecule has 0 saturated heterocycles. The Kier molecular flexibility index (Phi) is 6.85. The topological polar surface area (TPSA) is 38.3 Å². The number of aryl methyl sites for hydroxylation is 2. The van der Waals surface area contributed by atoms with E-state index in [1.54, 1.807) is 0 Å². The molecular formula is C11H16NNaO2. The van der Waals surface area contributed by atoms with Gasteiger partial charge in [0.15, 0.2) is 0 Å². The Morgan fingerprint density at radius 3 is 2.33 bits per heavy atom. The second-order valence-corrected chi connectivity index (χ2v) is 3.25. The Hall–Kier alpha value is -0.350. The first-order valence-electron chi connectivity index (χ1n) is 4.50. The zero-order valence-corrected chi connectivity index (χ0v) is 8.76. The quantitative estimate of drug-likeness (QED) is 0.773. The number of ether oxygens (including phenoxy) is 1. The Bertz CT molecular complexity index is 319. The molecule has 1 aromatic rings. The van der Waals surface area contributed by atoms with Gasteiger partial charge in [0.1, 0.15) is 6.61 Å². The van der Waals surface area contributed by atoms with Crippen LogP contribution in [0.4, 0.5) is 5.69 Å². The summed E-state index contributed by atoms with van der Waals surface area (Å²) >= 11 is 0. The number of hydrogen-bond donors (Lipinski definition) is 1. The number of carbonyl (C=O) groups excluding carboxylic acids is 1. The Morgan fingerprint density at radius 1 is 1.33 bits per heavy atom. The van der Waals surface area contributed by atoms with Gasteiger partial charge in [-0.2, -0.15) is 0 Å². The van der Waals surface area contributed by atoms with Gasteiger partial charge in [0, 0.05) is 12.8 Å². The number of nitrogens with one attached hydrogen (secondary N) is 1. The van der Waals surface area contributed by atoms with Crippen molar-refractivity contribution in [3.8, 4) is 0 Å². The van der Waals surface area contributed by atoms with Gasteiger partial charge >= 0.3 is 29.6 Å². The van der Waals surface area contributed by atoms with Crippen molar-refractivity contribution >= 4 is 41.2 Å². The molecule has 0 fully saturated rings. The van der Waals surface area contributed by atoms with Crippen LogP contribution in [0.1, 0.15) is 11.1 Å². The second-order valence-electron chi connectivity index (χ2n) is 3.25. The number of para-hydroxylation sites is 1. The summed E-state index contributed by atoms with van der Waals surface area (Å²) in [5.74, 6) is -0.120. The van der Waals surface area contributed by atoms with Gasteiger partial charge in [0.05, 0.1) is 0 Å². The van der Waals surface area contributed by atoms with E-state index in [9.17, 15) is 4.79 Å². The predicted octanol–water partition coefficient (Wildman–Crippen LogP) is 1.24. The fourth-order valence-corrected chi connectivity index (χ4v) is 1.32. The third-order valence-electron chi connectivity index (χ3n) is 2.02. The Morgan fingerprint density at radius 2 is 1.87 bits per heavy atom. The van der Waals surface area contributed by atoms with Gasteiger partial charge in [-0.05, 0) is 25.0 Å². The molecule has 1 amide bonds. The van der Waals surface area contributed by atoms with Crippen LogP contribution in [0.5, 0.6) is 0 Å². The van der Waals surface area contributed by atoms with E-state index >= 15 is 0 Å². The van der Waals surface area contributed by atoms with Crippen LogP contribution in [-0.4, -0.2) is 49.2 Å². The number of anilines is 1. The molecule has 15 heavy (non-hydrogen) atoms. The fourth-order valence-electron chi connectivity index (χ4n) is 1.32. The molecule has 0 aromatic heterocycles. The number of hydrogen-bond acceptors (Lipinski definition) is 2. The van der Waals surface area contributed by atoms with Gasteiger partial charge in [0.25, 0.3) is 0 Å². The summed E-state index contributed by atoms with van der Waals surface area (Å²) in [7, 11) is 1.50. The number of amides is 1. The molecule has 4 heteroatoms. The number of rotatable bonds is 3. The molecule has 0 atom stereocenters. The molecule has 0 saturated carbocycles. The Balaban J connectivity index is 0.00000196. The van der Waals surface area contributed by atoms with Crippen molar-refractivity contribution in [2.45, 2.75) is 13.8 Å². The SMILES string of the molecule is COCC(=O)Nc1c(C)cccc1C.[NaH]. The van der Waals surface area contributed by atoms with Gasteiger partial charge in [-0.15, -0.1) is 0 Å². The zero-order valence-electron chi connectivity index (χ0n) is 8.76. The molecule has 0 bridgehead atoms. The summed E-state index contributed by atoms with van der Waals surface area (Å²) in [5.41, 5.74) is 3.01. The number of benzene rings is 1. The van der Waals surface area contributed by atoms with Crippen molar-refractivity contribution < 1.29 is 9.53 Å². The van der Waals surface area contributed by atoms with Crippen LogP contribution in [-0.2, 0) is 9.53 Å².